The summed E-state index contributed by atoms with van der Waals surface area (Å²) >= 11 is 0. The highest BCUT2D eigenvalue weighted by atomic mass is 19.1. The molecule has 3 nitrogen and oxygen atoms in total. The van der Waals surface area contributed by atoms with Crippen molar-refractivity contribution in [3.8, 4) is 16.9 Å². The molecule has 0 saturated carbocycles. The first kappa shape index (κ1) is 15.1. The number of anilines is 2. The van der Waals surface area contributed by atoms with Crippen LogP contribution in [-0.4, -0.2) is 5.60 Å². The van der Waals surface area contributed by atoms with E-state index in [9.17, 15) is 8.78 Å². The largest absolute Gasteiger partial charge is 0.487 e. The minimum atomic E-state index is -0.556. The Morgan fingerprint density at radius 3 is 2.14 bits per heavy atom. The van der Waals surface area contributed by atoms with Crippen LogP contribution in [0.5, 0.6) is 5.75 Å². The Balaban J connectivity index is 2.66. The summed E-state index contributed by atoms with van der Waals surface area (Å²) in [4.78, 5) is 0. The van der Waals surface area contributed by atoms with Gasteiger partial charge in [-0.2, -0.15) is 0 Å². The zero-order valence-electron chi connectivity index (χ0n) is 12.2. The minimum Gasteiger partial charge on any atom is -0.487 e. The van der Waals surface area contributed by atoms with Crippen LogP contribution in [0.1, 0.15) is 20.8 Å². The topological polar surface area (TPSA) is 61.3 Å². The molecule has 5 heteroatoms. The first-order valence-corrected chi connectivity index (χ1v) is 6.51. The van der Waals surface area contributed by atoms with Crippen LogP contribution in [0.4, 0.5) is 20.2 Å². The minimum absolute atomic E-state index is 0.0842. The molecule has 2 aromatic carbocycles. The SMILES string of the molecule is CC(C)(C)Oc1cc(N)c(N)cc1-c1cc(F)ccc1F. The van der Waals surface area contributed by atoms with Crippen molar-refractivity contribution in [3.05, 3.63) is 42.0 Å². The summed E-state index contributed by atoms with van der Waals surface area (Å²) in [6, 6.07) is 6.26. The molecule has 0 amide bonds. The van der Waals surface area contributed by atoms with Crippen LogP contribution in [0.3, 0.4) is 0 Å². The van der Waals surface area contributed by atoms with E-state index in [1.165, 1.54) is 12.1 Å². The molecule has 0 fully saturated rings. The number of hydrogen-bond donors (Lipinski definition) is 2. The first-order valence-electron chi connectivity index (χ1n) is 6.51. The third-order valence-corrected chi connectivity index (χ3v) is 2.82. The molecule has 0 bridgehead atoms. The van der Waals surface area contributed by atoms with E-state index in [1.54, 1.807) is 0 Å². The highest BCUT2D eigenvalue weighted by molar-refractivity contribution is 5.80. The van der Waals surface area contributed by atoms with Crippen molar-refractivity contribution < 1.29 is 13.5 Å². The summed E-state index contributed by atoms with van der Waals surface area (Å²) in [5.74, 6) is -0.735. The third-order valence-electron chi connectivity index (χ3n) is 2.82. The molecular weight excluding hydrogens is 274 g/mol. The fourth-order valence-electron chi connectivity index (χ4n) is 1.94. The fourth-order valence-corrected chi connectivity index (χ4v) is 1.94. The number of ether oxygens (including phenoxy) is 1. The Morgan fingerprint density at radius 1 is 0.905 bits per heavy atom. The van der Waals surface area contributed by atoms with E-state index in [4.69, 9.17) is 16.2 Å². The van der Waals surface area contributed by atoms with Crippen LogP contribution in [0, 0.1) is 11.6 Å². The number of halogens is 2. The van der Waals surface area contributed by atoms with E-state index >= 15 is 0 Å². The second-order valence-electron chi connectivity index (χ2n) is 5.82. The molecule has 0 aliphatic rings. The van der Waals surface area contributed by atoms with E-state index in [0.29, 0.717) is 17.0 Å². The van der Waals surface area contributed by atoms with Gasteiger partial charge in [0.05, 0.1) is 11.4 Å². The maximum Gasteiger partial charge on any atom is 0.131 e. The predicted molar refractivity (Wildman–Crippen MR) is 81.0 cm³/mol. The number of hydrogen-bond acceptors (Lipinski definition) is 3. The Hall–Kier alpha value is -2.30. The molecule has 112 valence electrons. The van der Waals surface area contributed by atoms with Gasteiger partial charge < -0.3 is 16.2 Å². The summed E-state index contributed by atoms with van der Waals surface area (Å²) in [6.45, 7) is 5.56. The molecule has 2 aromatic rings. The van der Waals surface area contributed by atoms with Crippen LogP contribution < -0.4 is 16.2 Å². The van der Waals surface area contributed by atoms with Gasteiger partial charge in [0.25, 0.3) is 0 Å². The van der Waals surface area contributed by atoms with Crippen molar-refractivity contribution in [1.29, 1.82) is 0 Å². The summed E-state index contributed by atoms with van der Waals surface area (Å²) < 4.78 is 33.2. The third kappa shape index (κ3) is 3.42. The average Bonchev–Trinajstić information content (AvgIpc) is 2.35. The molecule has 0 aliphatic carbocycles. The van der Waals surface area contributed by atoms with Crippen molar-refractivity contribution in [2.24, 2.45) is 0 Å². The van der Waals surface area contributed by atoms with Gasteiger partial charge in [-0.25, -0.2) is 8.78 Å². The second kappa shape index (κ2) is 5.24. The predicted octanol–water partition coefficient (Wildman–Crippen LogP) is 3.97. The molecule has 0 heterocycles. The van der Waals surface area contributed by atoms with E-state index in [2.05, 4.69) is 0 Å². The quantitative estimate of drug-likeness (QED) is 0.823. The van der Waals surface area contributed by atoms with Gasteiger partial charge in [0.1, 0.15) is 23.0 Å². The molecule has 0 saturated heterocycles. The molecule has 2 rings (SSSR count). The number of benzene rings is 2. The molecule has 0 aliphatic heterocycles. The Bertz CT molecular complexity index is 679. The van der Waals surface area contributed by atoms with Gasteiger partial charge in [0, 0.05) is 17.2 Å². The van der Waals surface area contributed by atoms with Crippen LogP contribution in [0.2, 0.25) is 0 Å². The summed E-state index contributed by atoms with van der Waals surface area (Å²) in [5, 5.41) is 0. The van der Waals surface area contributed by atoms with Gasteiger partial charge in [-0.3, -0.25) is 0 Å². The van der Waals surface area contributed by atoms with Gasteiger partial charge in [-0.1, -0.05) is 0 Å². The molecule has 4 N–H and O–H groups in total. The monoisotopic (exact) mass is 292 g/mol. The summed E-state index contributed by atoms with van der Waals surface area (Å²) in [5.41, 5.74) is 12.1. The standard InChI is InChI=1S/C16H18F2N2O/c1-16(2,3)21-15-8-14(20)13(19)7-11(15)10-6-9(17)4-5-12(10)18/h4-8H,19-20H2,1-3H3. The second-order valence-corrected chi connectivity index (χ2v) is 5.82. The highest BCUT2D eigenvalue weighted by Crippen LogP contribution is 2.38. The fraction of sp³-hybridized carbons (Fsp3) is 0.250. The number of nitrogens with two attached hydrogens (primary N) is 2. The van der Waals surface area contributed by atoms with Crippen LogP contribution in [0.25, 0.3) is 11.1 Å². The van der Waals surface area contributed by atoms with Crippen molar-refractivity contribution >= 4 is 11.4 Å². The average molecular weight is 292 g/mol. The Morgan fingerprint density at radius 2 is 1.52 bits per heavy atom. The van der Waals surface area contributed by atoms with E-state index in [1.807, 2.05) is 20.8 Å². The van der Waals surface area contributed by atoms with Gasteiger partial charge in [-0.15, -0.1) is 0 Å². The van der Waals surface area contributed by atoms with Crippen molar-refractivity contribution in [3.63, 3.8) is 0 Å². The van der Waals surface area contributed by atoms with Gasteiger partial charge in [0.15, 0.2) is 0 Å². The lowest BCUT2D eigenvalue weighted by Gasteiger charge is -2.24. The van der Waals surface area contributed by atoms with Crippen molar-refractivity contribution in [2.45, 2.75) is 26.4 Å². The lowest BCUT2D eigenvalue weighted by Crippen LogP contribution is -2.23. The van der Waals surface area contributed by atoms with Crippen molar-refractivity contribution in [1.82, 2.24) is 0 Å². The van der Waals surface area contributed by atoms with Gasteiger partial charge >= 0.3 is 0 Å². The van der Waals surface area contributed by atoms with E-state index in [-0.39, 0.29) is 11.3 Å². The van der Waals surface area contributed by atoms with Crippen LogP contribution >= 0.6 is 0 Å². The summed E-state index contributed by atoms with van der Waals surface area (Å²) in [7, 11) is 0. The number of rotatable bonds is 2. The first-order chi connectivity index (χ1) is 9.67. The molecule has 0 spiro atoms. The van der Waals surface area contributed by atoms with Gasteiger partial charge in [0.2, 0.25) is 0 Å². The number of nitrogen functional groups attached to an aromatic ring is 2. The molecule has 0 aromatic heterocycles. The van der Waals surface area contributed by atoms with Crippen LogP contribution in [0.15, 0.2) is 30.3 Å². The maximum atomic E-state index is 14.0. The smallest absolute Gasteiger partial charge is 0.131 e. The Kier molecular flexibility index (Phi) is 3.77. The molecular formula is C16H18F2N2O. The molecule has 0 atom stereocenters. The molecule has 21 heavy (non-hydrogen) atoms. The lowest BCUT2D eigenvalue weighted by atomic mass is 10.0. The van der Waals surface area contributed by atoms with E-state index in [0.717, 1.165) is 18.2 Å². The summed E-state index contributed by atoms with van der Waals surface area (Å²) in [6.07, 6.45) is 0. The van der Waals surface area contributed by atoms with Gasteiger partial charge in [-0.05, 0) is 45.0 Å². The van der Waals surface area contributed by atoms with Crippen molar-refractivity contribution in [2.75, 3.05) is 11.5 Å². The normalized spacial score (nSPS) is 11.5. The maximum absolute atomic E-state index is 14.0. The lowest BCUT2D eigenvalue weighted by molar-refractivity contribution is 0.132. The molecule has 0 radical (unpaired) electrons. The Labute approximate surface area is 122 Å². The highest BCUT2D eigenvalue weighted by Gasteiger charge is 2.19. The zero-order valence-corrected chi connectivity index (χ0v) is 12.2. The van der Waals surface area contributed by atoms with Crippen LogP contribution in [-0.2, 0) is 0 Å². The molecule has 0 unspecified atom stereocenters. The zero-order chi connectivity index (χ0) is 15.8. The van der Waals surface area contributed by atoms with E-state index < -0.39 is 17.2 Å².